The van der Waals surface area contributed by atoms with Gasteiger partial charge >= 0.3 is 8.24 Å². The van der Waals surface area contributed by atoms with Crippen LogP contribution in [0.15, 0.2) is 136 Å². The van der Waals surface area contributed by atoms with Gasteiger partial charge in [0.1, 0.15) is 11.2 Å². The van der Waals surface area contributed by atoms with Crippen LogP contribution >= 0.6 is 8.24 Å². The molecule has 0 aliphatic rings. The Morgan fingerprint density at radius 2 is 1.25 bits per heavy atom. The van der Waals surface area contributed by atoms with Crippen molar-refractivity contribution in [3.63, 3.8) is 0 Å². The maximum Gasteiger partial charge on any atom is 0.387 e. The van der Waals surface area contributed by atoms with Crippen LogP contribution in [0.3, 0.4) is 0 Å². The number of carbonyl (C=O) groups excluding carboxylic acids is 1. The Labute approximate surface area is 231 Å². The molecule has 5 nitrogen and oxygen atoms in total. The van der Waals surface area contributed by atoms with Crippen molar-refractivity contribution in [1.29, 1.82) is 0 Å². The zero-order valence-corrected chi connectivity index (χ0v) is 22.3. The molecular weight excluding hydrogens is 517 g/mol. The molecular formula is C34H24NO4P. The Morgan fingerprint density at radius 1 is 0.650 bits per heavy atom. The summed E-state index contributed by atoms with van der Waals surface area (Å²) in [6, 6.07) is 41.5. The lowest BCUT2D eigenvalue weighted by Crippen LogP contribution is -2.11. The lowest BCUT2D eigenvalue weighted by molar-refractivity contribution is 0.102. The molecule has 0 unspecified atom stereocenters. The maximum atomic E-state index is 12.6. The quantitative estimate of drug-likeness (QED) is 0.236. The van der Waals surface area contributed by atoms with Gasteiger partial charge in [0.05, 0.1) is 6.61 Å². The lowest BCUT2D eigenvalue weighted by Gasteiger charge is -2.07. The molecule has 0 fully saturated rings. The number of nitrogens with one attached hydrogen (secondary N) is 1. The molecule has 0 saturated heterocycles. The number of carbonyl (C=O) groups is 1. The lowest BCUT2D eigenvalue weighted by atomic mass is 9.99. The smallest absolute Gasteiger partial charge is 0.387 e. The molecule has 6 aromatic carbocycles. The molecule has 1 aromatic heterocycles. The summed E-state index contributed by atoms with van der Waals surface area (Å²) >= 11 is 0. The van der Waals surface area contributed by atoms with E-state index in [-0.39, 0.29) is 12.5 Å². The van der Waals surface area contributed by atoms with E-state index in [1.54, 1.807) is 12.1 Å². The fourth-order valence-corrected chi connectivity index (χ4v) is 6.08. The zero-order valence-electron chi connectivity index (χ0n) is 21.4. The van der Waals surface area contributed by atoms with Crippen LogP contribution in [0.5, 0.6) is 0 Å². The normalized spacial score (nSPS) is 11.3. The molecule has 7 rings (SSSR count). The molecule has 0 radical (unpaired) electrons. The number of hydrogen-bond acceptors (Lipinski definition) is 4. The Bertz CT molecular complexity index is 1970. The summed E-state index contributed by atoms with van der Waals surface area (Å²) in [6.07, 6.45) is 0. The van der Waals surface area contributed by atoms with Crippen molar-refractivity contribution in [3.8, 4) is 0 Å². The Morgan fingerprint density at radius 3 is 1.90 bits per heavy atom. The molecule has 0 aliphatic carbocycles. The molecule has 0 atom stereocenters. The van der Waals surface area contributed by atoms with Gasteiger partial charge in [0.2, 0.25) is 0 Å². The van der Waals surface area contributed by atoms with Gasteiger partial charge in [-0.15, -0.1) is 0 Å². The topological polar surface area (TPSA) is 64.6 Å². The number of benzene rings is 6. The average molecular weight is 542 g/mol. The van der Waals surface area contributed by atoms with Crippen LogP contribution in [-0.4, -0.2) is 5.91 Å². The third-order valence-corrected chi connectivity index (χ3v) is 7.97. The minimum absolute atomic E-state index is 0.161. The number of rotatable bonds is 5. The molecule has 1 N–H and O–H groups in total. The molecule has 0 bridgehead atoms. The first-order chi connectivity index (χ1) is 19.7. The third kappa shape index (κ3) is 4.62. The van der Waals surface area contributed by atoms with Crippen LogP contribution in [0, 0.1) is 0 Å². The van der Waals surface area contributed by atoms with Gasteiger partial charge in [0.15, 0.2) is 0 Å². The minimum Gasteiger partial charge on any atom is -0.399 e. The Hall–Kier alpha value is -4.83. The highest BCUT2D eigenvalue weighted by atomic mass is 31.1. The van der Waals surface area contributed by atoms with E-state index in [2.05, 4.69) is 41.7 Å². The van der Waals surface area contributed by atoms with Gasteiger partial charge in [-0.05, 0) is 63.5 Å². The van der Waals surface area contributed by atoms with Gasteiger partial charge in [0.25, 0.3) is 5.91 Å². The zero-order chi connectivity index (χ0) is 26.9. The van der Waals surface area contributed by atoms with Crippen LogP contribution in [-0.2, 0) is 6.61 Å². The second-order valence-corrected chi connectivity index (χ2v) is 10.6. The number of amides is 1. The summed E-state index contributed by atoms with van der Waals surface area (Å²) < 4.78 is 19.1. The highest BCUT2D eigenvalue weighted by Crippen LogP contribution is 2.40. The van der Waals surface area contributed by atoms with E-state index in [9.17, 15) is 4.79 Å². The molecule has 0 spiro atoms. The van der Waals surface area contributed by atoms with Crippen LogP contribution in [0.2, 0.25) is 0 Å². The van der Waals surface area contributed by atoms with E-state index >= 15 is 0 Å². The first-order valence-corrected chi connectivity index (χ1v) is 14.1. The minimum atomic E-state index is -1.76. The van der Waals surface area contributed by atoms with Crippen LogP contribution < -0.4 is 9.84 Å². The molecule has 1 amide bonds. The first-order valence-electron chi connectivity index (χ1n) is 13.0. The molecule has 194 valence electrons. The van der Waals surface area contributed by atoms with E-state index in [1.807, 2.05) is 78.9 Å². The fraction of sp³-hybridized carbons (Fsp3) is 0.0294. The number of hydrogen-bond donors (Lipinski definition) is 1. The third-order valence-electron chi connectivity index (χ3n) is 6.93. The SMILES string of the molecule is O=C(Nc1cccc(COp2oc3ccc4ccccc4c3c3c(ccc4ccccc43)o2)c1)c1ccccc1. The van der Waals surface area contributed by atoms with Crippen molar-refractivity contribution >= 4 is 63.3 Å². The van der Waals surface area contributed by atoms with E-state index in [0.29, 0.717) is 11.3 Å². The summed E-state index contributed by atoms with van der Waals surface area (Å²) in [6.45, 7) is 0.257. The predicted octanol–water partition coefficient (Wildman–Crippen LogP) is 9.48. The van der Waals surface area contributed by atoms with E-state index < -0.39 is 8.24 Å². The van der Waals surface area contributed by atoms with Gasteiger partial charge in [-0.25, -0.2) is 0 Å². The first kappa shape index (κ1) is 24.2. The Balaban J connectivity index is 1.29. The highest BCUT2D eigenvalue weighted by Gasteiger charge is 2.14. The Kier molecular flexibility index (Phi) is 6.29. The monoisotopic (exact) mass is 541 g/mol. The van der Waals surface area contributed by atoms with Crippen molar-refractivity contribution in [1.82, 2.24) is 0 Å². The average Bonchev–Trinajstić information content (AvgIpc) is 3.17. The van der Waals surface area contributed by atoms with Crippen molar-refractivity contribution in [2.24, 2.45) is 0 Å². The van der Waals surface area contributed by atoms with Gasteiger partial charge in [0, 0.05) is 22.0 Å². The van der Waals surface area contributed by atoms with E-state index in [0.717, 1.165) is 49.0 Å². The second-order valence-electron chi connectivity index (χ2n) is 9.52. The highest BCUT2D eigenvalue weighted by molar-refractivity contribution is 7.31. The molecule has 40 heavy (non-hydrogen) atoms. The van der Waals surface area contributed by atoms with Crippen molar-refractivity contribution in [2.75, 3.05) is 5.32 Å². The molecule has 0 saturated carbocycles. The summed E-state index contributed by atoms with van der Waals surface area (Å²) in [4.78, 5) is 12.6. The molecule has 1 heterocycles. The van der Waals surface area contributed by atoms with Gasteiger partial charge < -0.3 is 13.7 Å². The summed E-state index contributed by atoms with van der Waals surface area (Å²) in [5, 5.41) is 9.42. The van der Waals surface area contributed by atoms with Gasteiger partial charge in [-0.3, -0.25) is 9.32 Å². The van der Waals surface area contributed by atoms with Gasteiger partial charge in [-0.1, -0.05) is 91.0 Å². The molecule has 6 heteroatoms. The summed E-state index contributed by atoms with van der Waals surface area (Å²) in [5.41, 5.74) is 3.64. The van der Waals surface area contributed by atoms with Crippen LogP contribution in [0.4, 0.5) is 5.69 Å². The fourth-order valence-electron chi connectivity index (χ4n) is 5.06. The van der Waals surface area contributed by atoms with E-state index in [1.165, 1.54) is 0 Å². The molecule has 7 aromatic rings. The summed E-state index contributed by atoms with van der Waals surface area (Å²) in [5.74, 6) is -0.161. The van der Waals surface area contributed by atoms with Crippen molar-refractivity contribution in [2.45, 2.75) is 6.61 Å². The van der Waals surface area contributed by atoms with E-state index in [4.69, 9.17) is 12.9 Å². The van der Waals surface area contributed by atoms with Crippen molar-refractivity contribution in [3.05, 3.63) is 139 Å². The maximum absolute atomic E-state index is 12.6. The number of fused-ring (bicyclic) bond motifs is 7. The second kappa shape index (κ2) is 10.4. The number of anilines is 1. The van der Waals surface area contributed by atoms with Crippen LogP contribution in [0.1, 0.15) is 15.9 Å². The standard InChI is InChI=1S/C34H24NO4P/c36-34(26-12-2-1-3-13-26)35-27-14-8-9-23(21-27)22-37-40-38-30-19-17-24-10-4-6-15-28(24)32(30)33-29-16-7-5-11-25(29)18-20-31(33)39-40/h1-21H,22H2,(H,35,36). The van der Waals surface area contributed by atoms with Gasteiger partial charge in [-0.2, -0.15) is 0 Å². The largest absolute Gasteiger partial charge is 0.399 e. The summed E-state index contributed by atoms with van der Waals surface area (Å²) in [7, 11) is -1.76. The molecule has 0 aliphatic heterocycles. The van der Waals surface area contributed by atoms with Crippen LogP contribution in [0.25, 0.3) is 43.5 Å². The van der Waals surface area contributed by atoms with Crippen molar-refractivity contribution < 1.29 is 17.7 Å². The predicted molar refractivity (Wildman–Crippen MR) is 162 cm³/mol.